The van der Waals surface area contributed by atoms with Gasteiger partial charge in [0.15, 0.2) is 5.82 Å². The molecule has 1 rings (SSSR count). The van der Waals surface area contributed by atoms with E-state index < -0.39 is 0 Å². The fraction of sp³-hybridized carbons (Fsp3) is 0.692. The number of nitrogens with zero attached hydrogens (tertiary/aromatic N) is 3. The highest BCUT2D eigenvalue weighted by molar-refractivity contribution is 6.32. The van der Waals surface area contributed by atoms with E-state index in [1.54, 1.807) is 6.20 Å². The first-order chi connectivity index (χ1) is 8.42. The van der Waals surface area contributed by atoms with Crippen molar-refractivity contribution in [2.75, 3.05) is 23.8 Å². The molecule has 1 aromatic heterocycles. The summed E-state index contributed by atoms with van der Waals surface area (Å²) in [5.41, 5.74) is 0.0139. The monoisotopic (exact) mass is 270 g/mol. The third-order valence-electron chi connectivity index (χ3n) is 3.35. The summed E-state index contributed by atoms with van der Waals surface area (Å²) in [7, 11) is 2.02. The van der Waals surface area contributed by atoms with Crippen molar-refractivity contribution in [3.8, 4) is 0 Å². The number of hydrogen-bond donors (Lipinski definition) is 1. The standard InChI is InChI=1S/C13H23ClN4/c1-6-8-15-12-16-9-10(14)11(17-12)18(5)13(3,4)7-2/h9H,6-8H2,1-5H3,(H,15,16,17). The Kier molecular flexibility index (Phi) is 5.20. The van der Waals surface area contributed by atoms with E-state index in [2.05, 4.69) is 47.9 Å². The topological polar surface area (TPSA) is 41.1 Å². The summed E-state index contributed by atoms with van der Waals surface area (Å²) >= 11 is 6.19. The van der Waals surface area contributed by atoms with Gasteiger partial charge in [0.2, 0.25) is 5.95 Å². The molecule has 0 spiro atoms. The number of rotatable bonds is 6. The fourth-order valence-electron chi connectivity index (χ4n) is 1.44. The Labute approximate surface area is 115 Å². The van der Waals surface area contributed by atoms with Crippen LogP contribution in [0.3, 0.4) is 0 Å². The minimum absolute atomic E-state index is 0.0139. The summed E-state index contributed by atoms with van der Waals surface area (Å²) in [6, 6.07) is 0. The number of halogens is 1. The van der Waals surface area contributed by atoms with Crippen molar-refractivity contribution in [1.29, 1.82) is 0 Å². The number of aromatic nitrogens is 2. The SMILES string of the molecule is CCCNc1ncc(Cl)c(N(C)C(C)(C)CC)n1. The molecule has 1 aromatic rings. The second kappa shape index (κ2) is 6.23. The average Bonchev–Trinajstić information content (AvgIpc) is 2.37. The van der Waals surface area contributed by atoms with Crippen LogP contribution in [-0.2, 0) is 0 Å². The fourth-order valence-corrected chi connectivity index (χ4v) is 1.66. The van der Waals surface area contributed by atoms with Gasteiger partial charge in [-0.05, 0) is 26.7 Å². The van der Waals surface area contributed by atoms with Crippen molar-refractivity contribution < 1.29 is 0 Å². The predicted molar refractivity (Wildman–Crippen MR) is 78.6 cm³/mol. The summed E-state index contributed by atoms with van der Waals surface area (Å²) in [6.45, 7) is 9.47. The molecule has 0 bridgehead atoms. The first kappa shape index (κ1) is 15.0. The van der Waals surface area contributed by atoms with Crippen LogP contribution in [0.25, 0.3) is 0 Å². The van der Waals surface area contributed by atoms with Gasteiger partial charge in [-0.3, -0.25) is 0 Å². The zero-order valence-corrected chi connectivity index (χ0v) is 12.7. The second-order valence-electron chi connectivity index (χ2n) is 5.02. The van der Waals surface area contributed by atoms with Crippen LogP contribution in [0.5, 0.6) is 0 Å². The van der Waals surface area contributed by atoms with Gasteiger partial charge in [-0.15, -0.1) is 0 Å². The lowest BCUT2D eigenvalue weighted by molar-refractivity contribution is 0.467. The van der Waals surface area contributed by atoms with E-state index in [4.69, 9.17) is 11.6 Å². The molecule has 0 atom stereocenters. The maximum absolute atomic E-state index is 6.19. The van der Waals surface area contributed by atoms with E-state index in [0.29, 0.717) is 11.0 Å². The highest BCUT2D eigenvalue weighted by atomic mass is 35.5. The molecular formula is C13H23ClN4. The van der Waals surface area contributed by atoms with Crippen LogP contribution < -0.4 is 10.2 Å². The molecule has 5 heteroatoms. The average molecular weight is 271 g/mol. The first-order valence-corrected chi connectivity index (χ1v) is 6.80. The third-order valence-corrected chi connectivity index (χ3v) is 3.62. The molecule has 0 saturated heterocycles. The van der Waals surface area contributed by atoms with E-state index in [0.717, 1.165) is 25.2 Å². The Morgan fingerprint density at radius 2 is 2.06 bits per heavy atom. The van der Waals surface area contributed by atoms with Gasteiger partial charge in [-0.2, -0.15) is 4.98 Å². The highest BCUT2D eigenvalue weighted by Crippen LogP contribution is 2.29. The minimum Gasteiger partial charge on any atom is -0.354 e. The molecule has 18 heavy (non-hydrogen) atoms. The quantitative estimate of drug-likeness (QED) is 0.858. The Balaban J connectivity index is 3.00. The smallest absolute Gasteiger partial charge is 0.224 e. The number of hydrogen-bond acceptors (Lipinski definition) is 4. The zero-order chi connectivity index (χ0) is 13.8. The Hall–Kier alpha value is -1.03. The summed E-state index contributed by atoms with van der Waals surface area (Å²) < 4.78 is 0. The minimum atomic E-state index is 0.0139. The molecule has 0 aliphatic heterocycles. The van der Waals surface area contributed by atoms with Gasteiger partial charge >= 0.3 is 0 Å². The molecule has 0 aliphatic carbocycles. The van der Waals surface area contributed by atoms with Crippen molar-refractivity contribution in [1.82, 2.24) is 9.97 Å². The Morgan fingerprint density at radius 1 is 1.39 bits per heavy atom. The van der Waals surface area contributed by atoms with Crippen molar-refractivity contribution in [2.45, 2.75) is 46.1 Å². The summed E-state index contributed by atoms with van der Waals surface area (Å²) in [5.74, 6) is 1.41. The lowest BCUT2D eigenvalue weighted by Crippen LogP contribution is -2.41. The van der Waals surface area contributed by atoms with Gasteiger partial charge in [0.1, 0.15) is 5.02 Å². The number of anilines is 2. The summed E-state index contributed by atoms with van der Waals surface area (Å²) in [5, 5.41) is 3.76. The van der Waals surface area contributed by atoms with E-state index in [1.165, 1.54) is 0 Å². The highest BCUT2D eigenvalue weighted by Gasteiger charge is 2.24. The number of nitrogens with one attached hydrogen (secondary N) is 1. The van der Waals surface area contributed by atoms with Gasteiger partial charge in [0.25, 0.3) is 0 Å². The van der Waals surface area contributed by atoms with Crippen LogP contribution in [0.15, 0.2) is 6.20 Å². The van der Waals surface area contributed by atoms with Gasteiger partial charge in [0, 0.05) is 19.1 Å². The lowest BCUT2D eigenvalue weighted by atomic mass is 10.0. The largest absolute Gasteiger partial charge is 0.354 e. The molecular weight excluding hydrogens is 248 g/mol. The van der Waals surface area contributed by atoms with Gasteiger partial charge < -0.3 is 10.2 Å². The van der Waals surface area contributed by atoms with Gasteiger partial charge in [0.05, 0.1) is 6.20 Å². The first-order valence-electron chi connectivity index (χ1n) is 6.42. The molecule has 1 N–H and O–H groups in total. The van der Waals surface area contributed by atoms with Crippen LogP contribution in [0.4, 0.5) is 11.8 Å². The molecule has 1 heterocycles. The van der Waals surface area contributed by atoms with Gasteiger partial charge in [-0.1, -0.05) is 25.4 Å². The van der Waals surface area contributed by atoms with Crippen LogP contribution in [0.2, 0.25) is 5.02 Å². The summed E-state index contributed by atoms with van der Waals surface area (Å²) in [4.78, 5) is 10.8. The van der Waals surface area contributed by atoms with Crippen molar-refractivity contribution in [3.63, 3.8) is 0 Å². The molecule has 0 radical (unpaired) electrons. The van der Waals surface area contributed by atoms with E-state index in [-0.39, 0.29) is 5.54 Å². The van der Waals surface area contributed by atoms with E-state index >= 15 is 0 Å². The molecule has 102 valence electrons. The molecule has 0 aliphatic rings. The van der Waals surface area contributed by atoms with Crippen LogP contribution in [0, 0.1) is 0 Å². The predicted octanol–water partition coefficient (Wildman–Crippen LogP) is 3.58. The van der Waals surface area contributed by atoms with Crippen molar-refractivity contribution in [2.24, 2.45) is 0 Å². The van der Waals surface area contributed by atoms with Crippen LogP contribution in [0.1, 0.15) is 40.5 Å². The van der Waals surface area contributed by atoms with Crippen LogP contribution >= 0.6 is 11.6 Å². The third kappa shape index (κ3) is 3.48. The Morgan fingerprint density at radius 3 is 2.61 bits per heavy atom. The zero-order valence-electron chi connectivity index (χ0n) is 11.9. The van der Waals surface area contributed by atoms with E-state index in [9.17, 15) is 0 Å². The molecule has 0 unspecified atom stereocenters. The lowest BCUT2D eigenvalue weighted by Gasteiger charge is -2.36. The Bertz CT molecular complexity index is 393. The van der Waals surface area contributed by atoms with Crippen LogP contribution in [-0.4, -0.2) is 29.1 Å². The molecule has 0 fully saturated rings. The van der Waals surface area contributed by atoms with Crippen molar-refractivity contribution in [3.05, 3.63) is 11.2 Å². The molecule has 0 saturated carbocycles. The maximum Gasteiger partial charge on any atom is 0.224 e. The van der Waals surface area contributed by atoms with Crippen molar-refractivity contribution >= 4 is 23.4 Å². The molecule has 4 nitrogen and oxygen atoms in total. The molecule has 0 aromatic carbocycles. The molecule has 0 amide bonds. The summed E-state index contributed by atoms with van der Waals surface area (Å²) in [6.07, 6.45) is 3.71. The van der Waals surface area contributed by atoms with Gasteiger partial charge in [-0.25, -0.2) is 4.98 Å². The normalized spacial score (nSPS) is 11.4. The maximum atomic E-state index is 6.19. The second-order valence-corrected chi connectivity index (χ2v) is 5.42. The van der Waals surface area contributed by atoms with E-state index in [1.807, 2.05) is 7.05 Å².